The first-order chi connectivity index (χ1) is 8.99. The Bertz CT molecular complexity index is 494. The van der Waals surface area contributed by atoms with E-state index >= 15 is 0 Å². The smallest absolute Gasteiger partial charge is 0.266 e. The summed E-state index contributed by atoms with van der Waals surface area (Å²) in [6, 6.07) is 8.84. The highest BCUT2D eigenvalue weighted by Gasteiger charge is 2.61. The molecule has 0 unspecified atom stereocenters. The number of carbonyl (C=O) groups excluding carboxylic acids is 1. The third kappa shape index (κ3) is 2.28. The number of benzene rings is 1. The zero-order valence-corrected chi connectivity index (χ0v) is 12.2. The van der Waals surface area contributed by atoms with Gasteiger partial charge in [-0.25, -0.2) is 0 Å². The van der Waals surface area contributed by atoms with Gasteiger partial charge in [-0.3, -0.25) is 4.79 Å². The number of fused-ring (bicyclic) bond motifs is 1. The molecule has 0 aliphatic carbocycles. The van der Waals surface area contributed by atoms with E-state index < -0.39 is 10.4 Å². The molecule has 0 aromatic heterocycles. The van der Waals surface area contributed by atoms with Gasteiger partial charge in [0.15, 0.2) is 6.10 Å². The van der Waals surface area contributed by atoms with Gasteiger partial charge in [-0.1, -0.05) is 41.4 Å². The van der Waals surface area contributed by atoms with Crippen molar-refractivity contribution in [2.75, 3.05) is 6.54 Å². The van der Waals surface area contributed by atoms with Crippen LogP contribution in [0.5, 0.6) is 5.75 Å². The molecule has 2 heterocycles. The fourth-order valence-electron chi connectivity index (χ4n) is 2.62. The van der Waals surface area contributed by atoms with E-state index in [1.165, 1.54) is 0 Å². The molecule has 102 valence electrons. The van der Waals surface area contributed by atoms with Crippen molar-refractivity contribution in [2.24, 2.45) is 0 Å². The number of carbonyl (C=O) groups is 1. The Morgan fingerprint density at radius 1 is 1.26 bits per heavy atom. The van der Waals surface area contributed by atoms with Gasteiger partial charge in [0.1, 0.15) is 16.1 Å². The summed E-state index contributed by atoms with van der Waals surface area (Å²) in [6.07, 6.45) is -0.178. The van der Waals surface area contributed by atoms with E-state index in [4.69, 9.17) is 39.5 Å². The molecule has 0 radical (unpaired) electrons. The van der Waals surface area contributed by atoms with Gasteiger partial charge in [-0.15, -0.1) is 11.6 Å². The van der Waals surface area contributed by atoms with Crippen LogP contribution in [-0.2, 0) is 4.79 Å². The number of nitrogens with zero attached hydrogens (tertiary/aromatic N) is 1. The molecule has 2 fully saturated rings. The third-order valence-corrected chi connectivity index (χ3v) is 4.52. The number of halogens is 3. The molecule has 1 aromatic rings. The summed E-state index contributed by atoms with van der Waals surface area (Å²) in [4.78, 5) is 13.7. The highest BCUT2D eigenvalue weighted by atomic mass is 35.5. The molecule has 6 heteroatoms. The van der Waals surface area contributed by atoms with Crippen molar-refractivity contribution in [3.8, 4) is 5.75 Å². The molecule has 19 heavy (non-hydrogen) atoms. The summed E-state index contributed by atoms with van der Waals surface area (Å²) in [7, 11) is 0. The molecular formula is C13H12Cl3NO2. The lowest BCUT2D eigenvalue weighted by Gasteiger charge is -2.55. The van der Waals surface area contributed by atoms with Crippen molar-refractivity contribution in [1.82, 2.24) is 4.90 Å². The molecule has 2 aliphatic heterocycles. The number of hydrogen-bond acceptors (Lipinski definition) is 2. The quantitative estimate of drug-likeness (QED) is 0.619. The van der Waals surface area contributed by atoms with Crippen LogP contribution >= 0.6 is 34.8 Å². The van der Waals surface area contributed by atoms with Crippen molar-refractivity contribution >= 4 is 40.7 Å². The summed E-state index contributed by atoms with van der Waals surface area (Å²) >= 11 is 18.7. The zero-order valence-electron chi connectivity index (χ0n) is 9.93. The molecule has 1 aromatic carbocycles. The zero-order chi connectivity index (χ0) is 13.6. The van der Waals surface area contributed by atoms with Crippen LogP contribution in [0.3, 0.4) is 0 Å². The lowest BCUT2D eigenvalue weighted by Crippen LogP contribution is -2.75. The highest BCUT2D eigenvalue weighted by Crippen LogP contribution is 2.46. The number of hydrogen-bond donors (Lipinski definition) is 0. The van der Waals surface area contributed by atoms with Gasteiger partial charge >= 0.3 is 0 Å². The minimum absolute atomic E-state index is 0.107. The summed E-state index contributed by atoms with van der Waals surface area (Å²) in [5, 5.41) is -0.215. The first-order valence-corrected chi connectivity index (χ1v) is 7.22. The normalized spacial score (nSPS) is 32.5. The fraction of sp³-hybridized carbons (Fsp3) is 0.462. The van der Waals surface area contributed by atoms with Gasteiger partial charge in [-0.05, 0) is 12.1 Å². The fourth-order valence-corrected chi connectivity index (χ4v) is 4.01. The van der Waals surface area contributed by atoms with Gasteiger partial charge in [0.05, 0.1) is 5.38 Å². The van der Waals surface area contributed by atoms with E-state index in [9.17, 15) is 4.79 Å². The van der Waals surface area contributed by atoms with Gasteiger partial charge in [0, 0.05) is 13.0 Å². The standard InChI is InChI=1S/C13H12Cl3NO2/c14-8-6-13(15,16)11-10(12(18)17(11)7-8)19-9-4-2-1-3-5-9/h1-5,8,10-11H,6-7H2/t8-,10+,11-/m0/s1. The van der Waals surface area contributed by atoms with Gasteiger partial charge in [0.2, 0.25) is 0 Å². The maximum atomic E-state index is 12.1. The van der Waals surface area contributed by atoms with Crippen molar-refractivity contribution in [3.05, 3.63) is 30.3 Å². The first-order valence-electron chi connectivity index (χ1n) is 6.03. The minimum atomic E-state index is -1.06. The molecular weight excluding hydrogens is 309 g/mol. The van der Waals surface area contributed by atoms with E-state index in [0.29, 0.717) is 18.7 Å². The first kappa shape index (κ1) is 13.3. The molecule has 0 bridgehead atoms. The largest absolute Gasteiger partial charge is 0.478 e. The minimum Gasteiger partial charge on any atom is -0.478 e. The second kappa shape index (κ2) is 4.72. The topological polar surface area (TPSA) is 29.5 Å². The maximum absolute atomic E-state index is 12.1. The summed E-state index contributed by atoms with van der Waals surface area (Å²) in [6.45, 7) is 0.473. The van der Waals surface area contributed by atoms with E-state index in [1.807, 2.05) is 18.2 Å². The molecule has 3 atom stereocenters. The molecule has 3 rings (SSSR count). The summed E-state index contributed by atoms with van der Waals surface area (Å²) in [5.74, 6) is 0.530. The predicted octanol–water partition coefficient (Wildman–Crippen LogP) is 2.83. The Morgan fingerprint density at radius 3 is 2.63 bits per heavy atom. The predicted molar refractivity (Wildman–Crippen MR) is 75.1 cm³/mol. The molecule has 1 amide bonds. The average Bonchev–Trinajstić information content (AvgIpc) is 2.36. The van der Waals surface area contributed by atoms with Crippen molar-refractivity contribution in [2.45, 2.75) is 28.3 Å². The molecule has 0 N–H and O–H groups in total. The number of alkyl halides is 3. The summed E-state index contributed by atoms with van der Waals surface area (Å²) < 4.78 is 4.64. The molecule has 0 saturated carbocycles. The number of para-hydroxylation sites is 1. The lowest BCUT2D eigenvalue weighted by molar-refractivity contribution is -0.167. The number of piperidine rings is 1. The second-order valence-corrected chi connectivity index (χ2v) is 7.01. The van der Waals surface area contributed by atoms with Crippen LogP contribution in [0.1, 0.15) is 6.42 Å². The van der Waals surface area contributed by atoms with E-state index in [1.54, 1.807) is 17.0 Å². The van der Waals surface area contributed by atoms with Gasteiger partial charge in [-0.2, -0.15) is 0 Å². The van der Waals surface area contributed by atoms with E-state index in [-0.39, 0.29) is 17.3 Å². The van der Waals surface area contributed by atoms with Gasteiger partial charge < -0.3 is 9.64 Å². The van der Waals surface area contributed by atoms with Crippen LogP contribution < -0.4 is 4.74 Å². The SMILES string of the molecule is O=C1[C@H](Oc2ccccc2)[C@@H]2N1C[C@@H](Cl)CC2(Cl)Cl. The van der Waals surface area contributed by atoms with E-state index in [2.05, 4.69) is 0 Å². The Labute approximate surface area is 126 Å². The molecule has 2 saturated heterocycles. The Kier molecular flexibility index (Phi) is 3.32. The van der Waals surface area contributed by atoms with E-state index in [0.717, 1.165) is 0 Å². The van der Waals surface area contributed by atoms with Crippen LogP contribution in [0.4, 0.5) is 0 Å². The molecule has 3 nitrogen and oxygen atoms in total. The van der Waals surface area contributed by atoms with Crippen molar-refractivity contribution in [3.63, 3.8) is 0 Å². The Morgan fingerprint density at radius 2 is 1.95 bits per heavy atom. The van der Waals surface area contributed by atoms with Crippen LogP contribution in [0.15, 0.2) is 30.3 Å². The number of amides is 1. The third-order valence-electron chi connectivity index (χ3n) is 3.48. The van der Waals surface area contributed by atoms with Crippen LogP contribution in [0.2, 0.25) is 0 Å². The van der Waals surface area contributed by atoms with Crippen molar-refractivity contribution < 1.29 is 9.53 Å². The monoisotopic (exact) mass is 319 g/mol. The lowest BCUT2D eigenvalue weighted by atomic mass is 9.87. The summed E-state index contributed by atoms with van der Waals surface area (Å²) in [5.41, 5.74) is 0. The number of rotatable bonds is 2. The Hall–Kier alpha value is -0.640. The number of ether oxygens (including phenoxy) is 1. The van der Waals surface area contributed by atoms with Crippen LogP contribution in [-0.4, -0.2) is 39.2 Å². The average molecular weight is 321 g/mol. The molecule has 0 spiro atoms. The molecule has 2 aliphatic rings. The number of β-lactam (4-membered cyclic amide) rings is 1. The van der Waals surface area contributed by atoms with Crippen molar-refractivity contribution in [1.29, 1.82) is 0 Å². The van der Waals surface area contributed by atoms with Crippen LogP contribution in [0, 0.1) is 0 Å². The Balaban J connectivity index is 1.79. The van der Waals surface area contributed by atoms with Crippen LogP contribution in [0.25, 0.3) is 0 Å². The second-order valence-electron chi connectivity index (χ2n) is 4.85. The van der Waals surface area contributed by atoms with Gasteiger partial charge in [0.25, 0.3) is 5.91 Å². The highest BCUT2D eigenvalue weighted by molar-refractivity contribution is 6.50. The maximum Gasteiger partial charge on any atom is 0.266 e.